The van der Waals surface area contributed by atoms with Crippen LogP contribution in [-0.4, -0.2) is 17.4 Å². The minimum Gasteiger partial charge on any atom is -0.351 e. The molecule has 0 unspecified atom stereocenters. The van der Waals surface area contributed by atoms with Gasteiger partial charge in [0.2, 0.25) is 5.91 Å². The van der Waals surface area contributed by atoms with Crippen LogP contribution in [0.2, 0.25) is 0 Å². The van der Waals surface area contributed by atoms with Gasteiger partial charge < -0.3 is 11.1 Å². The zero-order valence-corrected chi connectivity index (χ0v) is 11.4. The summed E-state index contributed by atoms with van der Waals surface area (Å²) in [5, 5.41) is 4.12. The van der Waals surface area contributed by atoms with E-state index in [4.69, 9.17) is 5.73 Å². The summed E-state index contributed by atoms with van der Waals surface area (Å²) >= 11 is 0. The van der Waals surface area contributed by atoms with Crippen LogP contribution in [0.1, 0.15) is 24.8 Å². The number of hydrogen-bond donors (Lipinski definition) is 2. The van der Waals surface area contributed by atoms with Crippen LogP contribution >= 0.6 is 0 Å². The van der Waals surface area contributed by atoms with Crippen molar-refractivity contribution < 1.29 is 4.79 Å². The number of carbonyl (C=O) groups is 1. The zero-order chi connectivity index (χ0) is 14.0. The molecule has 2 aromatic rings. The molecule has 0 aliphatic heterocycles. The Labute approximate surface area is 118 Å². The molecule has 0 atom stereocenters. The maximum Gasteiger partial charge on any atom is 0.227 e. The van der Waals surface area contributed by atoms with Gasteiger partial charge in [-0.15, -0.1) is 0 Å². The lowest BCUT2D eigenvalue weighted by molar-refractivity contribution is -0.135. The highest BCUT2D eigenvalue weighted by molar-refractivity contribution is 5.85. The fraction of sp³-hybridized carbons (Fsp3) is 0.375. The third kappa shape index (κ3) is 2.16. The third-order valence-corrected chi connectivity index (χ3v) is 4.34. The van der Waals surface area contributed by atoms with Crippen LogP contribution in [0, 0.1) is 5.41 Å². The highest BCUT2D eigenvalue weighted by Crippen LogP contribution is 2.40. The summed E-state index contributed by atoms with van der Waals surface area (Å²) in [6.07, 6.45) is 4.69. The molecule has 3 N–H and O–H groups in total. The van der Waals surface area contributed by atoms with E-state index in [1.165, 1.54) is 0 Å². The van der Waals surface area contributed by atoms with E-state index in [1.54, 1.807) is 6.20 Å². The Kier molecular flexibility index (Phi) is 3.40. The number of para-hydroxylation sites is 1. The average molecular weight is 269 g/mol. The van der Waals surface area contributed by atoms with Crippen LogP contribution in [0.15, 0.2) is 36.5 Å². The SMILES string of the molecule is NCC1(C(=O)NCc2cccc3cccnc23)CCC1. The second-order valence-electron chi connectivity index (χ2n) is 5.51. The lowest BCUT2D eigenvalue weighted by Crippen LogP contribution is -2.50. The van der Waals surface area contributed by atoms with Crippen molar-refractivity contribution in [2.75, 3.05) is 6.54 Å². The van der Waals surface area contributed by atoms with E-state index in [-0.39, 0.29) is 11.3 Å². The highest BCUT2D eigenvalue weighted by Gasteiger charge is 2.42. The van der Waals surface area contributed by atoms with E-state index < -0.39 is 0 Å². The topological polar surface area (TPSA) is 68.0 Å². The van der Waals surface area contributed by atoms with Crippen LogP contribution in [-0.2, 0) is 11.3 Å². The molecule has 1 aromatic carbocycles. The predicted octanol–water partition coefficient (Wildman–Crippen LogP) is 1.98. The Hall–Kier alpha value is -1.94. The van der Waals surface area contributed by atoms with E-state index in [0.717, 1.165) is 35.7 Å². The normalized spacial score (nSPS) is 16.6. The summed E-state index contributed by atoms with van der Waals surface area (Å²) in [7, 11) is 0. The number of aromatic nitrogens is 1. The number of benzene rings is 1. The number of carbonyl (C=O) groups excluding carboxylic acids is 1. The number of amides is 1. The summed E-state index contributed by atoms with van der Waals surface area (Å²) < 4.78 is 0. The van der Waals surface area contributed by atoms with E-state index in [9.17, 15) is 4.79 Å². The van der Waals surface area contributed by atoms with Crippen molar-refractivity contribution in [3.63, 3.8) is 0 Å². The Morgan fingerprint density at radius 1 is 1.30 bits per heavy atom. The summed E-state index contributed by atoms with van der Waals surface area (Å²) in [4.78, 5) is 16.7. The van der Waals surface area contributed by atoms with Gasteiger partial charge in [-0.1, -0.05) is 30.7 Å². The number of rotatable bonds is 4. The van der Waals surface area contributed by atoms with E-state index in [2.05, 4.69) is 10.3 Å². The molecule has 4 nitrogen and oxygen atoms in total. The van der Waals surface area contributed by atoms with Crippen molar-refractivity contribution >= 4 is 16.8 Å². The Morgan fingerprint density at radius 3 is 2.80 bits per heavy atom. The minimum absolute atomic E-state index is 0.0826. The lowest BCUT2D eigenvalue weighted by atomic mass is 9.68. The van der Waals surface area contributed by atoms with E-state index in [0.29, 0.717) is 13.1 Å². The van der Waals surface area contributed by atoms with Gasteiger partial charge in [-0.25, -0.2) is 0 Å². The largest absolute Gasteiger partial charge is 0.351 e. The van der Waals surface area contributed by atoms with Crippen molar-refractivity contribution in [2.24, 2.45) is 11.1 Å². The van der Waals surface area contributed by atoms with Gasteiger partial charge in [0.25, 0.3) is 0 Å². The summed E-state index contributed by atoms with van der Waals surface area (Å²) in [5.41, 5.74) is 7.43. The van der Waals surface area contributed by atoms with Gasteiger partial charge in [0, 0.05) is 24.7 Å². The van der Waals surface area contributed by atoms with Gasteiger partial charge in [-0.3, -0.25) is 9.78 Å². The average Bonchev–Trinajstić information content (AvgIpc) is 2.44. The van der Waals surface area contributed by atoms with Gasteiger partial charge in [0.05, 0.1) is 10.9 Å². The third-order valence-electron chi connectivity index (χ3n) is 4.34. The molecule has 1 amide bonds. The van der Waals surface area contributed by atoms with Gasteiger partial charge in [-0.05, 0) is 24.5 Å². The molecule has 3 rings (SSSR count). The van der Waals surface area contributed by atoms with Gasteiger partial charge in [0.15, 0.2) is 0 Å². The molecular weight excluding hydrogens is 250 g/mol. The standard InChI is InChI=1S/C16H19N3O/c17-11-16(7-3-8-16)15(20)19-10-13-5-1-4-12-6-2-9-18-14(12)13/h1-2,4-6,9H,3,7-8,10-11,17H2,(H,19,20). The number of nitrogens with zero attached hydrogens (tertiary/aromatic N) is 1. The monoisotopic (exact) mass is 269 g/mol. The molecule has 1 fully saturated rings. The van der Waals surface area contributed by atoms with Crippen molar-refractivity contribution in [3.8, 4) is 0 Å². The maximum absolute atomic E-state index is 12.3. The van der Waals surface area contributed by atoms with Gasteiger partial charge in [-0.2, -0.15) is 0 Å². The molecule has 0 radical (unpaired) electrons. The molecule has 104 valence electrons. The van der Waals surface area contributed by atoms with Crippen LogP contribution in [0.4, 0.5) is 0 Å². The Balaban J connectivity index is 1.76. The minimum atomic E-state index is -0.321. The number of nitrogens with two attached hydrogens (primary N) is 1. The van der Waals surface area contributed by atoms with Gasteiger partial charge in [0.1, 0.15) is 0 Å². The van der Waals surface area contributed by atoms with Crippen molar-refractivity contribution in [2.45, 2.75) is 25.8 Å². The van der Waals surface area contributed by atoms with E-state index in [1.807, 2.05) is 30.3 Å². The van der Waals surface area contributed by atoms with Crippen molar-refractivity contribution in [1.82, 2.24) is 10.3 Å². The quantitative estimate of drug-likeness (QED) is 0.891. The first kappa shape index (κ1) is 13.1. The molecule has 0 spiro atoms. The Morgan fingerprint density at radius 2 is 2.10 bits per heavy atom. The van der Waals surface area contributed by atoms with Crippen LogP contribution < -0.4 is 11.1 Å². The van der Waals surface area contributed by atoms with Crippen LogP contribution in [0.5, 0.6) is 0 Å². The number of hydrogen-bond acceptors (Lipinski definition) is 3. The summed E-state index contributed by atoms with van der Waals surface area (Å²) in [6, 6.07) is 9.98. The summed E-state index contributed by atoms with van der Waals surface area (Å²) in [5.74, 6) is 0.0826. The molecule has 0 bridgehead atoms. The predicted molar refractivity (Wildman–Crippen MR) is 78.9 cm³/mol. The fourth-order valence-electron chi connectivity index (χ4n) is 2.80. The smallest absolute Gasteiger partial charge is 0.227 e. The maximum atomic E-state index is 12.3. The molecule has 1 aromatic heterocycles. The van der Waals surface area contributed by atoms with Gasteiger partial charge >= 0.3 is 0 Å². The number of nitrogens with one attached hydrogen (secondary N) is 1. The highest BCUT2D eigenvalue weighted by atomic mass is 16.2. The van der Waals surface area contributed by atoms with Crippen LogP contribution in [0.3, 0.4) is 0 Å². The van der Waals surface area contributed by atoms with Crippen molar-refractivity contribution in [1.29, 1.82) is 0 Å². The molecule has 1 aliphatic rings. The molecule has 20 heavy (non-hydrogen) atoms. The zero-order valence-electron chi connectivity index (χ0n) is 11.4. The summed E-state index contributed by atoms with van der Waals surface area (Å²) in [6.45, 7) is 0.946. The second kappa shape index (κ2) is 5.21. The lowest BCUT2D eigenvalue weighted by Gasteiger charge is -2.39. The molecule has 1 saturated carbocycles. The first-order valence-corrected chi connectivity index (χ1v) is 7.06. The first-order chi connectivity index (χ1) is 9.75. The molecule has 0 saturated heterocycles. The van der Waals surface area contributed by atoms with E-state index >= 15 is 0 Å². The molecular formula is C16H19N3O. The Bertz CT molecular complexity index is 624. The number of fused-ring (bicyclic) bond motifs is 1. The first-order valence-electron chi connectivity index (χ1n) is 7.06. The molecule has 1 aliphatic carbocycles. The second-order valence-corrected chi connectivity index (χ2v) is 5.51. The fourth-order valence-corrected chi connectivity index (χ4v) is 2.80. The van der Waals surface area contributed by atoms with Crippen molar-refractivity contribution in [3.05, 3.63) is 42.1 Å². The molecule has 1 heterocycles. The number of pyridine rings is 1. The molecule has 4 heteroatoms. The van der Waals surface area contributed by atoms with Crippen LogP contribution in [0.25, 0.3) is 10.9 Å².